The molecule has 184 valence electrons. The van der Waals surface area contributed by atoms with Crippen molar-refractivity contribution in [3.05, 3.63) is 71.8 Å². The van der Waals surface area contributed by atoms with Crippen LogP contribution < -0.4 is 5.32 Å². The average Bonchev–Trinajstić information content (AvgIpc) is 3.52. The summed E-state index contributed by atoms with van der Waals surface area (Å²) in [6.45, 7) is 13.0. The largest absolute Gasteiger partial charge is 0.347 e. The Kier molecular flexibility index (Phi) is 9.85. The van der Waals surface area contributed by atoms with E-state index in [1.165, 1.54) is 18.4 Å². The van der Waals surface area contributed by atoms with Gasteiger partial charge >= 0.3 is 0 Å². The van der Waals surface area contributed by atoms with Gasteiger partial charge in [-0.25, -0.2) is 9.97 Å². The van der Waals surface area contributed by atoms with E-state index < -0.39 is 0 Å². The van der Waals surface area contributed by atoms with Gasteiger partial charge in [0.15, 0.2) is 5.82 Å². The number of nitrogens with zero attached hydrogens (tertiary/aromatic N) is 4. The highest BCUT2D eigenvalue weighted by Gasteiger charge is 2.19. The minimum Gasteiger partial charge on any atom is -0.347 e. The third-order valence-corrected chi connectivity index (χ3v) is 5.96. The van der Waals surface area contributed by atoms with Gasteiger partial charge in [0.1, 0.15) is 5.82 Å². The molecule has 3 rings (SSSR count). The molecule has 0 spiro atoms. The maximum Gasteiger partial charge on any atom is 0.290 e. The Labute approximate surface area is 203 Å². The second kappa shape index (κ2) is 13.1. The number of unbranched alkanes of at least 4 members (excludes halogenated alkanes) is 1. The molecule has 0 unspecified atom stereocenters. The molecule has 2 heterocycles. The van der Waals surface area contributed by atoms with Crippen molar-refractivity contribution in [2.75, 3.05) is 13.1 Å². The van der Waals surface area contributed by atoms with Crippen LogP contribution in [-0.4, -0.2) is 60.8 Å². The number of imidazole rings is 2. The van der Waals surface area contributed by atoms with Crippen LogP contribution in [0.3, 0.4) is 0 Å². The van der Waals surface area contributed by atoms with Gasteiger partial charge in [0, 0.05) is 50.0 Å². The Balaban J connectivity index is 1.46. The minimum absolute atomic E-state index is 0.152. The highest BCUT2D eigenvalue weighted by Crippen LogP contribution is 2.13. The number of carbonyl (C=O) groups excluding carboxylic acids is 1. The maximum absolute atomic E-state index is 12.9. The number of benzene rings is 1. The maximum atomic E-state index is 12.9. The lowest BCUT2D eigenvalue weighted by Gasteiger charge is -2.30. The third-order valence-electron chi connectivity index (χ3n) is 5.96. The van der Waals surface area contributed by atoms with Gasteiger partial charge in [-0.15, -0.1) is 0 Å². The fraction of sp³-hybridized carbons (Fsp3) is 0.500. The average molecular weight is 466 g/mol. The van der Waals surface area contributed by atoms with E-state index in [2.05, 4.69) is 82.1 Å². The Hall–Kier alpha value is -2.97. The second-order valence-corrected chi connectivity index (χ2v) is 9.26. The summed E-state index contributed by atoms with van der Waals surface area (Å²) in [5, 5.41) is 3.55. The normalized spacial score (nSPS) is 11.6. The van der Waals surface area contributed by atoms with E-state index in [1.807, 2.05) is 0 Å². The number of hydrogen-bond donors (Lipinski definition) is 3. The number of rotatable bonds is 14. The smallest absolute Gasteiger partial charge is 0.290 e. The standard InChI is InChI=1S/C26H39N7O/c1-20(2)33(21(3)4)16-6-5-11-27-17-22-7-9-23(10-8-22)18-32(19-24-28-12-13-29-24)26(34)25-30-14-15-31-25/h7-10,12-15,20-21,27H,5-6,11,16-19H2,1-4H3,(H,28,29)(H,30,31). The SMILES string of the molecule is CC(C)N(CCCCNCc1ccc(CN(Cc2ncc[nH]2)C(=O)c2ncc[nH]2)cc1)C(C)C. The molecule has 2 aromatic heterocycles. The minimum atomic E-state index is -0.152. The zero-order chi connectivity index (χ0) is 24.3. The summed E-state index contributed by atoms with van der Waals surface area (Å²) in [7, 11) is 0. The molecule has 0 saturated heterocycles. The van der Waals surface area contributed by atoms with Gasteiger partial charge in [-0.2, -0.15) is 0 Å². The lowest BCUT2D eigenvalue weighted by Crippen LogP contribution is -2.37. The summed E-state index contributed by atoms with van der Waals surface area (Å²) in [6.07, 6.45) is 9.08. The second-order valence-electron chi connectivity index (χ2n) is 9.26. The molecule has 1 aromatic carbocycles. The van der Waals surface area contributed by atoms with E-state index in [-0.39, 0.29) is 5.91 Å². The Morgan fingerprint density at radius 1 is 0.912 bits per heavy atom. The number of aromatic amines is 2. The summed E-state index contributed by atoms with van der Waals surface area (Å²) in [5.74, 6) is 0.920. The number of amides is 1. The molecule has 0 radical (unpaired) electrons. The molecular formula is C26H39N7O. The molecule has 0 saturated carbocycles. The zero-order valence-corrected chi connectivity index (χ0v) is 20.9. The van der Waals surface area contributed by atoms with Crippen LogP contribution in [0.15, 0.2) is 49.1 Å². The molecule has 1 amide bonds. The zero-order valence-electron chi connectivity index (χ0n) is 20.9. The van der Waals surface area contributed by atoms with E-state index in [0.29, 0.717) is 31.0 Å². The highest BCUT2D eigenvalue weighted by atomic mass is 16.2. The summed E-state index contributed by atoms with van der Waals surface area (Å²) >= 11 is 0. The summed E-state index contributed by atoms with van der Waals surface area (Å²) in [4.78, 5) is 31.6. The van der Waals surface area contributed by atoms with E-state index >= 15 is 0 Å². The lowest BCUT2D eigenvalue weighted by molar-refractivity contribution is 0.0714. The molecule has 0 bridgehead atoms. The van der Waals surface area contributed by atoms with Crippen LogP contribution in [0.5, 0.6) is 0 Å². The van der Waals surface area contributed by atoms with E-state index in [4.69, 9.17) is 0 Å². The third kappa shape index (κ3) is 7.81. The van der Waals surface area contributed by atoms with E-state index in [9.17, 15) is 4.79 Å². The van der Waals surface area contributed by atoms with Crippen LogP contribution in [-0.2, 0) is 19.6 Å². The molecule has 0 atom stereocenters. The monoisotopic (exact) mass is 465 g/mol. The number of nitrogens with one attached hydrogen (secondary N) is 3. The Morgan fingerprint density at radius 2 is 1.59 bits per heavy atom. The summed E-state index contributed by atoms with van der Waals surface area (Å²) < 4.78 is 0. The first-order valence-corrected chi connectivity index (χ1v) is 12.2. The summed E-state index contributed by atoms with van der Waals surface area (Å²) in [6, 6.07) is 9.62. The van der Waals surface area contributed by atoms with Crippen molar-refractivity contribution < 1.29 is 4.79 Å². The molecule has 0 fully saturated rings. The van der Waals surface area contributed by atoms with Crippen LogP contribution in [0, 0.1) is 0 Å². The van der Waals surface area contributed by atoms with Gasteiger partial charge in [0.2, 0.25) is 0 Å². The fourth-order valence-corrected chi connectivity index (χ4v) is 4.17. The topological polar surface area (TPSA) is 92.9 Å². The van der Waals surface area contributed by atoms with Crippen molar-refractivity contribution in [3.63, 3.8) is 0 Å². The lowest BCUT2D eigenvalue weighted by atomic mass is 10.1. The summed E-state index contributed by atoms with van der Waals surface area (Å²) in [5.41, 5.74) is 2.31. The predicted octanol–water partition coefficient (Wildman–Crippen LogP) is 3.96. The molecular weight excluding hydrogens is 426 g/mol. The van der Waals surface area contributed by atoms with Gasteiger partial charge in [-0.1, -0.05) is 24.3 Å². The number of aromatic nitrogens is 4. The van der Waals surface area contributed by atoms with Crippen molar-refractivity contribution in [2.24, 2.45) is 0 Å². The number of hydrogen-bond acceptors (Lipinski definition) is 5. The van der Waals surface area contributed by atoms with Crippen LogP contribution in [0.1, 0.15) is 68.1 Å². The van der Waals surface area contributed by atoms with Gasteiger partial charge in [0.25, 0.3) is 5.91 Å². The predicted molar refractivity (Wildman–Crippen MR) is 135 cm³/mol. The van der Waals surface area contributed by atoms with E-state index in [1.54, 1.807) is 29.7 Å². The van der Waals surface area contributed by atoms with Crippen LogP contribution in [0.25, 0.3) is 0 Å². The molecule has 0 aliphatic rings. The fourth-order valence-electron chi connectivity index (χ4n) is 4.17. The van der Waals surface area contributed by atoms with Crippen molar-refractivity contribution in [2.45, 2.75) is 72.3 Å². The molecule has 0 aliphatic heterocycles. The van der Waals surface area contributed by atoms with Gasteiger partial charge in [-0.05, 0) is 64.8 Å². The van der Waals surface area contributed by atoms with Crippen LogP contribution >= 0.6 is 0 Å². The molecule has 8 heteroatoms. The van der Waals surface area contributed by atoms with Crippen LogP contribution in [0.4, 0.5) is 0 Å². The Bertz CT molecular complexity index is 942. The first-order chi connectivity index (χ1) is 16.4. The highest BCUT2D eigenvalue weighted by molar-refractivity contribution is 5.90. The number of H-pyrrole nitrogens is 2. The van der Waals surface area contributed by atoms with Crippen LogP contribution in [0.2, 0.25) is 0 Å². The molecule has 34 heavy (non-hydrogen) atoms. The van der Waals surface area contributed by atoms with Crippen molar-refractivity contribution in [3.8, 4) is 0 Å². The van der Waals surface area contributed by atoms with E-state index in [0.717, 1.165) is 31.0 Å². The van der Waals surface area contributed by atoms with Crippen molar-refractivity contribution >= 4 is 5.91 Å². The quantitative estimate of drug-likeness (QED) is 0.313. The molecule has 0 aliphatic carbocycles. The van der Waals surface area contributed by atoms with Crippen molar-refractivity contribution in [1.29, 1.82) is 0 Å². The van der Waals surface area contributed by atoms with Gasteiger partial charge < -0.3 is 20.2 Å². The first kappa shape index (κ1) is 25.6. The molecule has 8 nitrogen and oxygen atoms in total. The Morgan fingerprint density at radius 3 is 2.21 bits per heavy atom. The molecule has 3 N–H and O–H groups in total. The van der Waals surface area contributed by atoms with Crippen molar-refractivity contribution in [1.82, 2.24) is 35.1 Å². The number of carbonyl (C=O) groups is 1. The first-order valence-electron chi connectivity index (χ1n) is 12.2. The van der Waals surface area contributed by atoms with Gasteiger partial charge in [-0.3, -0.25) is 9.69 Å². The van der Waals surface area contributed by atoms with Gasteiger partial charge in [0.05, 0.1) is 6.54 Å². The molecule has 3 aromatic rings.